The topological polar surface area (TPSA) is 90.2 Å². The Kier molecular flexibility index (Phi) is 6.23. The van der Waals surface area contributed by atoms with E-state index in [-0.39, 0.29) is 13.0 Å². The average Bonchev–Trinajstić information content (AvgIpc) is 2.06. The van der Waals surface area contributed by atoms with Gasteiger partial charge in [0, 0.05) is 20.0 Å². The van der Waals surface area contributed by atoms with Crippen LogP contribution in [0.5, 0.6) is 0 Å². The Morgan fingerprint density at radius 2 is 1.83 bits per heavy atom. The Bertz CT molecular complexity index is 98.0. The molecule has 1 heterocycles. The van der Waals surface area contributed by atoms with E-state index in [0.717, 1.165) is 7.11 Å². The van der Waals surface area contributed by atoms with Gasteiger partial charge in [-0.2, -0.15) is 0 Å². The van der Waals surface area contributed by atoms with Crippen LogP contribution in [0.4, 0.5) is 0 Å². The van der Waals surface area contributed by atoms with Crippen molar-refractivity contribution >= 4 is 0 Å². The highest BCUT2D eigenvalue weighted by atomic mass is 16.6. The minimum atomic E-state index is -0.916. The van der Waals surface area contributed by atoms with Crippen molar-refractivity contribution in [1.29, 1.82) is 0 Å². The molecule has 1 rings (SSSR count). The first kappa shape index (κ1) is 11.8. The number of ether oxygens (including phenoxy) is 1. The molecule has 5 nitrogen and oxygen atoms in total. The van der Waals surface area contributed by atoms with Gasteiger partial charge >= 0.3 is 0 Å². The van der Waals surface area contributed by atoms with E-state index in [1.165, 1.54) is 0 Å². The van der Waals surface area contributed by atoms with Gasteiger partial charge in [-0.1, -0.05) is 0 Å². The van der Waals surface area contributed by atoms with Gasteiger partial charge in [-0.3, -0.25) is 0 Å². The second-order valence-electron chi connectivity index (χ2n) is 2.52. The second-order valence-corrected chi connectivity index (χ2v) is 2.52. The summed E-state index contributed by atoms with van der Waals surface area (Å²) in [6.07, 6.45) is -1.20. The van der Waals surface area contributed by atoms with Crippen molar-refractivity contribution in [3.8, 4) is 0 Å². The SMILES string of the molecule is CO.OCC1CC(O)CC(O)O1. The van der Waals surface area contributed by atoms with Gasteiger partial charge in [-0.25, -0.2) is 0 Å². The Morgan fingerprint density at radius 3 is 2.25 bits per heavy atom. The van der Waals surface area contributed by atoms with Crippen molar-refractivity contribution in [2.75, 3.05) is 13.7 Å². The lowest BCUT2D eigenvalue weighted by molar-refractivity contribution is -0.197. The van der Waals surface area contributed by atoms with Gasteiger partial charge in [0.2, 0.25) is 0 Å². The molecule has 0 aromatic heterocycles. The summed E-state index contributed by atoms with van der Waals surface area (Å²) in [7, 11) is 1.00. The molecule has 0 spiro atoms. The molecule has 0 amide bonds. The fourth-order valence-corrected chi connectivity index (χ4v) is 1.08. The molecular weight excluding hydrogens is 164 g/mol. The number of aliphatic hydroxyl groups excluding tert-OH is 4. The molecule has 0 aliphatic carbocycles. The molecule has 0 aromatic rings. The highest BCUT2D eigenvalue weighted by molar-refractivity contribution is 4.71. The molecule has 5 heteroatoms. The zero-order valence-corrected chi connectivity index (χ0v) is 7.05. The molecule has 0 saturated carbocycles. The molecule has 0 aromatic carbocycles. The fraction of sp³-hybridized carbons (Fsp3) is 1.00. The second kappa shape index (κ2) is 6.33. The van der Waals surface area contributed by atoms with Crippen molar-refractivity contribution in [2.24, 2.45) is 0 Å². The number of hydrogen-bond acceptors (Lipinski definition) is 5. The third-order valence-corrected chi connectivity index (χ3v) is 1.56. The summed E-state index contributed by atoms with van der Waals surface area (Å²) in [6.45, 7) is -0.145. The normalized spacial score (nSPS) is 35.2. The Labute approximate surface area is 71.2 Å². The number of rotatable bonds is 1. The van der Waals surface area contributed by atoms with E-state index in [2.05, 4.69) is 0 Å². The van der Waals surface area contributed by atoms with Crippen LogP contribution >= 0.6 is 0 Å². The summed E-state index contributed by atoms with van der Waals surface area (Å²) in [6, 6.07) is 0. The summed E-state index contributed by atoms with van der Waals surface area (Å²) >= 11 is 0. The highest BCUT2D eigenvalue weighted by Crippen LogP contribution is 2.17. The largest absolute Gasteiger partial charge is 0.400 e. The van der Waals surface area contributed by atoms with Gasteiger partial charge in [-0.15, -0.1) is 0 Å². The van der Waals surface area contributed by atoms with Gasteiger partial charge in [0.15, 0.2) is 6.29 Å². The van der Waals surface area contributed by atoms with E-state index < -0.39 is 18.5 Å². The van der Waals surface area contributed by atoms with E-state index in [9.17, 15) is 0 Å². The monoisotopic (exact) mass is 180 g/mol. The minimum absolute atomic E-state index is 0.145. The van der Waals surface area contributed by atoms with Crippen LogP contribution < -0.4 is 0 Å². The lowest BCUT2D eigenvalue weighted by atomic mass is 10.1. The third-order valence-electron chi connectivity index (χ3n) is 1.56. The number of aliphatic hydroxyl groups is 4. The van der Waals surface area contributed by atoms with Crippen molar-refractivity contribution in [3.05, 3.63) is 0 Å². The summed E-state index contributed by atoms with van der Waals surface area (Å²) in [4.78, 5) is 0. The van der Waals surface area contributed by atoms with Crippen LogP contribution in [0.3, 0.4) is 0 Å². The van der Waals surface area contributed by atoms with E-state index >= 15 is 0 Å². The van der Waals surface area contributed by atoms with Gasteiger partial charge in [0.25, 0.3) is 0 Å². The first-order chi connectivity index (χ1) is 5.72. The summed E-state index contributed by atoms with van der Waals surface area (Å²) in [5, 5.41) is 33.5. The van der Waals surface area contributed by atoms with Crippen LogP contribution in [0, 0.1) is 0 Å². The van der Waals surface area contributed by atoms with Gasteiger partial charge in [0.1, 0.15) is 0 Å². The molecule has 1 saturated heterocycles. The van der Waals surface area contributed by atoms with Crippen LogP contribution in [0.1, 0.15) is 12.8 Å². The molecule has 74 valence electrons. The maximum atomic E-state index is 9.03. The summed E-state index contributed by atoms with van der Waals surface area (Å²) in [5.41, 5.74) is 0. The van der Waals surface area contributed by atoms with E-state index in [1.54, 1.807) is 0 Å². The molecule has 3 atom stereocenters. The van der Waals surface area contributed by atoms with Crippen molar-refractivity contribution < 1.29 is 25.2 Å². The third kappa shape index (κ3) is 3.99. The molecule has 1 fully saturated rings. The van der Waals surface area contributed by atoms with Crippen molar-refractivity contribution in [3.63, 3.8) is 0 Å². The molecule has 1 aliphatic rings. The quantitative estimate of drug-likeness (QED) is 0.392. The lowest BCUT2D eigenvalue weighted by Gasteiger charge is -2.28. The van der Waals surface area contributed by atoms with Gasteiger partial charge < -0.3 is 25.2 Å². The molecule has 12 heavy (non-hydrogen) atoms. The average molecular weight is 180 g/mol. The van der Waals surface area contributed by atoms with E-state index in [0.29, 0.717) is 6.42 Å². The Morgan fingerprint density at radius 1 is 1.25 bits per heavy atom. The standard InChI is InChI=1S/C6H12O4.CH4O/c7-3-5-1-4(8)2-6(9)10-5;1-2/h4-9H,1-3H2;2H,1H3. The highest BCUT2D eigenvalue weighted by Gasteiger charge is 2.25. The minimum Gasteiger partial charge on any atom is -0.400 e. The fourth-order valence-electron chi connectivity index (χ4n) is 1.08. The maximum Gasteiger partial charge on any atom is 0.157 e. The van der Waals surface area contributed by atoms with Crippen LogP contribution in [0.2, 0.25) is 0 Å². The zero-order chi connectivity index (χ0) is 9.56. The van der Waals surface area contributed by atoms with Crippen molar-refractivity contribution in [2.45, 2.75) is 31.3 Å². The first-order valence-electron chi connectivity index (χ1n) is 3.79. The lowest BCUT2D eigenvalue weighted by Crippen LogP contribution is -2.37. The molecule has 1 aliphatic heterocycles. The molecular formula is C7H16O5. The summed E-state index contributed by atoms with van der Waals surface area (Å²) in [5.74, 6) is 0. The van der Waals surface area contributed by atoms with E-state index in [4.69, 9.17) is 25.2 Å². The Hall–Kier alpha value is -0.200. The molecule has 4 N–H and O–H groups in total. The zero-order valence-electron chi connectivity index (χ0n) is 7.05. The predicted molar refractivity (Wildman–Crippen MR) is 41.3 cm³/mol. The van der Waals surface area contributed by atoms with Crippen molar-refractivity contribution in [1.82, 2.24) is 0 Å². The van der Waals surface area contributed by atoms with Crippen LogP contribution in [0.25, 0.3) is 0 Å². The van der Waals surface area contributed by atoms with E-state index in [1.807, 2.05) is 0 Å². The molecule has 0 bridgehead atoms. The van der Waals surface area contributed by atoms with Gasteiger partial charge in [0.05, 0.1) is 18.8 Å². The Balaban J connectivity index is 0.000000561. The smallest absolute Gasteiger partial charge is 0.157 e. The van der Waals surface area contributed by atoms with Gasteiger partial charge in [-0.05, 0) is 0 Å². The van der Waals surface area contributed by atoms with Crippen LogP contribution in [-0.4, -0.2) is 52.6 Å². The number of hydrogen-bond donors (Lipinski definition) is 4. The molecule has 0 radical (unpaired) electrons. The van der Waals surface area contributed by atoms with Crippen LogP contribution in [-0.2, 0) is 4.74 Å². The maximum absolute atomic E-state index is 9.03. The first-order valence-corrected chi connectivity index (χ1v) is 3.79. The van der Waals surface area contributed by atoms with Crippen LogP contribution in [0.15, 0.2) is 0 Å². The molecule has 3 unspecified atom stereocenters. The predicted octanol–water partition coefficient (Wildman–Crippen LogP) is -1.55. The summed E-state index contributed by atoms with van der Waals surface area (Å²) < 4.78 is 4.85.